The molecule has 1 unspecified atom stereocenters. The fraction of sp³-hybridized carbons (Fsp3) is 0.0256. The van der Waals surface area contributed by atoms with Gasteiger partial charge in [-0.3, -0.25) is 0 Å². The van der Waals surface area contributed by atoms with Crippen molar-refractivity contribution < 1.29 is 0 Å². The van der Waals surface area contributed by atoms with E-state index < -0.39 is 10.8 Å². The van der Waals surface area contributed by atoms with E-state index in [1.165, 1.54) is 136 Å². The maximum atomic E-state index is 2.58. The second-order valence-corrected chi connectivity index (χ2v) is 23.2. The van der Waals surface area contributed by atoms with Gasteiger partial charge in [-0.1, -0.05) is 237 Å². The van der Waals surface area contributed by atoms with Crippen LogP contribution in [0.3, 0.4) is 0 Å². The van der Waals surface area contributed by atoms with Gasteiger partial charge >= 0.3 is 0 Å². The van der Waals surface area contributed by atoms with Crippen LogP contribution >= 0.6 is 11.3 Å². The quantitative estimate of drug-likeness (QED) is 0.161. The maximum absolute atomic E-state index is 2.58. The van der Waals surface area contributed by atoms with Gasteiger partial charge < -0.3 is 9.47 Å². The average Bonchev–Trinajstić information content (AvgIpc) is 2.15. The summed E-state index contributed by atoms with van der Waals surface area (Å²) < 4.78 is 5.16. The van der Waals surface area contributed by atoms with Crippen molar-refractivity contribution in [2.45, 2.75) is 10.8 Å². The normalized spacial score (nSPS) is 15.1. The molecule has 0 N–H and O–H groups in total. The summed E-state index contributed by atoms with van der Waals surface area (Å²) in [6, 6.07) is 110. The summed E-state index contributed by atoms with van der Waals surface area (Å²) in [6.45, 7) is 0. The molecule has 81 heavy (non-hydrogen) atoms. The lowest BCUT2D eigenvalue weighted by molar-refractivity contribution is 0.748. The number of anilines is 3. The first kappa shape index (κ1) is 44.9. The molecule has 2 aliphatic carbocycles. The minimum Gasteiger partial charge on any atom is -0.310 e. The van der Waals surface area contributed by atoms with Crippen LogP contribution in [0.25, 0.3) is 91.8 Å². The molecule has 2 nitrogen and oxygen atoms in total. The predicted octanol–water partition coefficient (Wildman–Crippen LogP) is 20.5. The molecule has 2 aromatic heterocycles. The molecule has 1 aliphatic heterocycles. The highest BCUT2D eigenvalue weighted by atomic mass is 32.1. The topological polar surface area (TPSA) is 8.17 Å². The van der Waals surface area contributed by atoms with Crippen LogP contribution in [0.2, 0.25) is 0 Å². The Labute approximate surface area is 473 Å². The highest BCUT2D eigenvalue weighted by Crippen LogP contribution is 2.63. The van der Waals surface area contributed by atoms with Gasteiger partial charge in [0.1, 0.15) is 0 Å². The molecule has 0 radical (unpaired) electrons. The third kappa shape index (κ3) is 5.85. The summed E-state index contributed by atoms with van der Waals surface area (Å²) in [5.41, 5.74) is 23.6. The van der Waals surface area contributed by atoms with Crippen molar-refractivity contribution in [1.82, 2.24) is 4.57 Å². The highest BCUT2D eigenvalue weighted by molar-refractivity contribution is 7.25. The van der Waals surface area contributed by atoms with Crippen LogP contribution in [-0.2, 0) is 10.8 Å². The van der Waals surface area contributed by atoms with Crippen LogP contribution in [0.15, 0.2) is 291 Å². The molecule has 18 rings (SSSR count). The molecule has 13 aromatic carbocycles. The summed E-state index contributed by atoms with van der Waals surface area (Å²) in [7, 11) is 0. The summed E-state index contributed by atoms with van der Waals surface area (Å²) in [5, 5.41) is 7.59. The number of para-hydroxylation sites is 3. The largest absolute Gasteiger partial charge is 0.310 e. The fourth-order valence-corrected chi connectivity index (χ4v) is 16.5. The van der Waals surface area contributed by atoms with Crippen molar-refractivity contribution in [2.75, 3.05) is 4.90 Å². The van der Waals surface area contributed by atoms with Gasteiger partial charge in [0, 0.05) is 47.7 Å². The van der Waals surface area contributed by atoms with Crippen molar-refractivity contribution in [3.8, 4) is 39.1 Å². The zero-order chi connectivity index (χ0) is 53.0. The Morgan fingerprint density at radius 2 is 0.877 bits per heavy atom. The van der Waals surface area contributed by atoms with Gasteiger partial charge in [0.25, 0.3) is 0 Å². The van der Waals surface area contributed by atoms with Crippen molar-refractivity contribution >= 4 is 81.1 Å². The lowest BCUT2D eigenvalue weighted by Gasteiger charge is -2.40. The number of aromatic nitrogens is 1. The molecule has 0 bridgehead atoms. The smallest absolute Gasteiger partial charge is 0.0755 e. The van der Waals surface area contributed by atoms with Crippen LogP contribution in [0, 0.1) is 0 Å². The number of nitrogens with zero attached hydrogens (tertiary/aromatic N) is 2. The molecule has 0 saturated heterocycles. The van der Waals surface area contributed by atoms with Gasteiger partial charge in [-0.25, -0.2) is 0 Å². The molecular formula is C78H48N2S. The van der Waals surface area contributed by atoms with Gasteiger partial charge in [-0.2, -0.15) is 0 Å². The number of hydrogen-bond donors (Lipinski definition) is 0. The zero-order valence-electron chi connectivity index (χ0n) is 44.0. The molecule has 3 heterocycles. The van der Waals surface area contributed by atoms with E-state index in [1.54, 1.807) is 0 Å². The Bertz CT molecular complexity index is 5080. The second kappa shape index (κ2) is 16.7. The summed E-state index contributed by atoms with van der Waals surface area (Å²) in [4.78, 5) is 2.58. The van der Waals surface area contributed by atoms with E-state index in [2.05, 4.69) is 301 Å². The van der Waals surface area contributed by atoms with E-state index in [0.29, 0.717) is 0 Å². The van der Waals surface area contributed by atoms with Crippen molar-refractivity contribution in [3.05, 3.63) is 336 Å². The number of benzene rings is 13. The molecular weight excluding hydrogens is 997 g/mol. The van der Waals surface area contributed by atoms with E-state index in [1.807, 2.05) is 11.3 Å². The molecule has 1 spiro atoms. The Kier molecular flexibility index (Phi) is 9.27. The first-order valence-corrected chi connectivity index (χ1v) is 29.0. The van der Waals surface area contributed by atoms with E-state index in [9.17, 15) is 0 Å². The molecule has 3 heteroatoms. The number of hydrogen-bond acceptors (Lipinski definition) is 2. The number of thiophene rings is 1. The lowest BCUT2D eigenvalue weighted by atomic mass is 9.65. The van der Waals surface area contributed by atoms with Crippen LogP contribution in [0.5, 0.6) is 0 Å². The summed E-state index contributed by atoms with van der Waals surface area (Å²) in [5.74, 6) is 0. The Balaban J connectivity index is 0.945. The van der Waals surface area contributed by atoms with Crippen LogP contribution in [0.4, 0.5) is 17.1 Å². The number of fused-ring (bicyclic) bond motifs is 20. The van der Waals surface area contributed by atoms with Crippen molar-refractivity contribution in [2.24, 2.45) is 0 Å². The minimum atomic E-state index is -0.628. The van der Waals surface area contributed by atoms with E-state index in [4.69, 9.17) is 0 Å². The first-order valence-electron chi connectivity index (χ1n) is 28.2. The standard InChI is InChI=1S/C78H48N2S/c1-3-21-50(22-4-1)77(51-23-5-2-6-24-51)64-34-14-10-29-61(64)74-59-28-8-7-26-57(59)71(48-68(74)77)79(52-43-41-49(42-44-52)54-31-20-40-73-75(54)62-30-12-18-39-72(62)81-73)53-45-46-56-55-25-9-13-33-63(55)78(67(56)47-53)65-35-15-17-38-70(65)80-69-37-16-11-27-58(69)60-32-19-36-66(78)76(60)80/h1-48H. The SMILES string of the molecule is c1ccc(C2(c3ccccc3)c3ccccc3-c3c2cc(N(c2ccc(-c4cccc5sc6ccccc6c45)cc2)c2ccc4c(c2)C2(c5ccccc5-4)c4ccccc4-n4c5ccccc5c5cccc2c54)c2ccccc32)cc1. The fourth-order valence-electron chi connectivity index (χ4n) is 15.4. The van der Waals surface area contributed by atoms with Crippen LogP contribution in [-0.4, -0.2) is 4.57 Å². The van der Waals surface area contributed by atoms with Crippen LogP contribution < -0.4 is 4.90 Å². The molecule has 1 atom stereocenters. The Hall–Kier alpha value is -10.1. The summed E-state index contributed by atoms with van der Waals surface area (Å²) >= 11 is 1.87. The third-order valence-corrected chi connectivity index (χ3v) is 19.6. The van der Waals surface area contributed by atoms with Gasteiger partial charge in [0.15, 0.2) is 0 Å². The van der Waals surface area contributed by atoms with E-state index in [-0.39, 0.29) is 0 Å². The maximum Gasteiger partial charge on any atom is 0.0755 e. The molecule has 0 fully saturated rings. The molecule has 0 amide bonds. The highest BCUT2D eigenvalue weighted by Gasteiger charge is 2.52. The molecule has 15 aromatic rings. The predicted molar refractivity (Wildman–Crippen MR) is 339 cm³/mol. The number of rotatable bonds is 6. The molecule has 3 aliphatic rings. The van der Waals surface area contributed by atoms with E-state index in [0.717, 1.165) is 17.1 Å². The second-order valence-electron chi connectivity index (χ2n) is 22.1. The summed E-state index contributed by atoms with van der Waals surface area (Å²) in [6.07, 6.45) is 0. The van der Waals surface area contributed by atoms with Crippen LogP contribution in [0.1, 0.15) is 44.5 Å². The molecule has 0 saturated carbocycles. The first-order chi connectivity index (χ1) is 40.2. The Morgan fingerprint density at radius 1 is 0.321 bits per heavy atom. The average molecular weight is 1050 g/mol. The van der Waals surface area contributed by atoms with Gasteiger partial charge in [0.2, 0.25) is 0 Å². The third-order valence-electron chi connectivity index (χ3n) is 18.5. The Morgan fingerprint density at radius 3 is 1.67 bits per heavy atom. The van der Waals surface area contributed by atoms with Gasteiger partial charge in [0.05, 0.1) is 33.2 Å². The van der Waals surface area contributed by atoms with Gasteiger partial charge in [-0.05, 0) is 138 Å². The molecule has 376 valence electrons. The zero-order valence-corrected chi connectivity index (χ0v) is 44.8. The minimum absolute atomic E-state index is 0.614. The van der Waals surface area contributed by atoms with Gasteiger partial charge in [-0.15, -0.1) is 11.3 Å². The van der Waals surface area contributed by atoms with Crippen molar-refractivity contribution in [1.29, 1.82) is 0 Å². The lowest BCUT2D eigenvalue weighted by Crippen LogP contribution is -2.33. The monoisotopic (exact) mass is 1040 g/mol. The van der Waals surface area contributed by atoms with E-state index >= 15 is 0 Å². The van der Waals surface area contributed by atoms with Crippen molar-refractivity contribution in [3.63, 3.8) is 0 Å².